The van der Waals surface area contributed by atoms with E-state index in [0.717, 1.165) is 17.9 Å². The molecule has 2 atom stereocenters. The van der Waals surface area contributed by atoms with Crippen molar-refractivity contribution in [3.63, 3.8) is 0 Å². The van der Waals surface area contributed by atoms with E-state index in [1.807, 2.05) is 28.4 Å². The first kappa shape index (κ1) is 15.2. The third-order valence-electron chi connectivity index (χ3n) is 5.65. The number of fused-ring (bicyclic) bond motifs is 8. The van der Waals surface area contributed by atoms with E-state index in [0.29, 0.717) is 18.9 Å². The van der Waals surface area contributed by atoms with Gasteiger partial charge in [0.15, 0.2) is 0 Å². The van der Waals surface area contributed by atoms with Crippen molar-refractivity contribution in [1.82, 2.24) is 9.88 Å². The molecule has 1 aromatic heterocycles. The van der Waals surface area contributed by atoms with Crippen molar-refractivity contribution in [2.75, 3.05) is 24.7 Å². The van der Waals surface area contributed by atoms with Crippen molar-refractivity contribution in [1.29, 1.82) is 0 Å². The number of hydrogen-bond acceptors (Lipinski definition) is 4. The summed E-state index contributed by atoms with van der Waals surface area (Å²) in [4.78, 5) is 18.4. The summed E-state index contributed by atoms with van der Waals surface area (Å²) >= 11 is 4.04. The van der Waals surface area contributed by atoms with Gasteiger partial charge < -0.3 is 15.0 Å². The highest BCUT2D eigenvalue weighted by Gasteiger charge is 2.56. The van der Waals surface area contributed by atoms with Gasteiger partial charge in [0.25, 0.3) is 0 Å². The number of para-hydroxylation sites is 1. The smallest absolute Gasteiger partial charge is 0.223 e. The number of thioether (sulfide) groups is 2. The fraction of sp³-hybridized carbons (Fsp3) is 0.500. The molecule has 2 aliphatic heterocycles. The lowest BCUT2D eigenvalue weighted by Gasteiger charge is -2.50. The maximum Gasteiger partial charge on any atom is 0.223 e. The van der Waals surface area contributed by atoms with E-state index in [-0.39, 0.29) is 22.6 Å². The van der Waals surface area contributed by atoms with Crippen LogP contribution in [0.1, 0.15) is 30.1 Å². The molecule has 24 heavy (non-hydrogen) atoms. The predicted octanol–water partition coefficient (Wildman–Crippen LogP) is 3.09. The van der Waals surface area contributed by atoms with Crippen LogP contribution in [0, 0.1) is 5.92 Å². The van der Waals surface area contributed by atoms with Gasteiger partial charge in [0, 0.05) is 46.6 Å². The number of likely N-dealkylation sites (tertiary alicyclic amines) is 1. The fourth-order valence-electron chi connectivity index (χ4n) is 4.73. The minimum atomic E-state index is 0.00577. The number of β-amino-alcohol motifs (C(OH)–C–C–N with tert-alkyl or cyclic N) is 1. The first-order valence-corrected chi connectivity index (χ1v) is 10.5. The van der Waals surface area contributed by atoms with Crippen LogP contribution in [-0.2, 0) is 8.87 Å². The number of aromatic amines is 1. The van der Waals surface area contributed by atoms with Crippen LogP contribution < -0.4 is 0 Å². The number of benzene rings is 1. The number of piperidine rings is 1. The molecule has 6 heteroatoms. The number of amides is 1. The van der Waals surface area contributed by atoms with E-state index in [4.69, 9.17) is 0 Å². The van der Waals surface area contributed by atoms with Gasteiger partial charge >= 0.3 is 0 Å². The Labute approximate surface area is 149 Å². The summed E-state index contributed by atoms with van der Waals surface area (Å²) in [6, 6.07) is 8.54. The molecule has 5 rings (SSSR count). The van der Waals surface area contributed by atoms with Crippen LogP contribution in [0.4, 0.5) is 0 Å². The maximum atomic E-state index is 12.8. The molecule has 3 aliphatic rings. The predicted molar refractivity (Wildman–Crippen MR) is 99.2 cm³/mol. The van der Waals surface area contributed by atoms with Crippen molar-refractivity contribution in [2.45, 2.75) is 23.0 Å². The highest BCUT2D eigenvalue weighted by atomic mass is 32.2. The Bertz CT molecular complexity index is 812. The Morgan fingerprint density at radius 1 is 1.29 bits per heavy atom. The number of hydrogen-bond donors (Lipinski definition) is 2. The second-order valence-electron chi connectivity index (χ2n) is 6.79. The molecule has 2 saturated heterocycles. The number of nitrogens with one attached hydrogen (secondary N) is 1. The summed E-state index contributed by atoms with van der Waals surface area (Å²) in [7, 11) is 0. The van der Waals surface area contributed by atoms with Crippen LogP contribution in [0.5, 0.6) is 0 Å². The quantitative estimate of drug-likeness (QED) is 0.864. The molecule has 0 unspecified atom stereocenters. The number of carbonyl (C=O) groups is 1. The topological polar surface area (TPSA) is 56.3 Å². The highest BCUT2D eigenvalue weighted by Crippen LogP contribution is 2.65. The standard InChI is InChI=1S/C18H20N2O2S2/c21-6-5-20-14-9-11(10-15(20)22)18(23-7-8-24-18)17-16(14)12-3-1-2-4-13(12)19-17/h1-4,11,14,19,21H,5-10H2/t11-,14-/m0/s1. The molecule has 0 saturated carbocycles. The summed E-state index contributed by atoms with van der Waals surface area (Å²) in [5.74, 6) is 2.88. The molecule has 1 amide bonds. The molecule has 3 heterocycles. The molecule has 1 spiro atoms. The van der Waals surface area contributed by atoms with Gasteiger partial charge in [-0.1, -0.05) is 18.2 Å². The van der Waals surface area contributed by atoms with Gasteiger partial charge in [-0.2, -0.15) is 0 Å². The Balaban J connectivity index is 1.77. The van der Waals surface area contributed by atoms with E-state index in [1.165, 1.54) is 22.2 Å². The van der Waals surface area contributed by atoms with Gasteiger partial charge in [-0.15, -0.1) is 23.5 Å². The number of H-pyrrole nitrogens is 1. The number of carbonyl (C=O) groups excluding carboxylic acids is 1. The van der Waals surface area contributed by atoms with Gasteiger partial charge in [0.05, 0.1) is 12.6 Å². The third kappa shape index (κ3) is 1.90. The van der Waals surface area contributed by atoms with Crippen molar-refractivity contribution in [3.8, 4) is 0 Å². The number of aliphatic hydroxyl groups is 1. The molecule has 2 fully saturated rings. The molecular weight excluding hydrogens is 340 g/mol. The molecular formula is C18H20N2O2S2. The van der Waals surface area contributed by atoms with Gasteiger partial charge in [0.2, 0.25) is 5.91 Å². The van der Waals surface area contributed by atoms with Gasteiger partial charge in [0.1, 0.15) is 4.08 Å². The number of nitrogens with zero attached hydrogens (tertiary/aromatic N) is 1. The lowest BCUT2D eigenvalue weighted by Crippen LogP contribution is -2.50. The van der Waals surface area contributed by atoms with Crippen molar-refractivity contribution >= 4 is 40.3 Å². The van der Waals surface area contributed by atoms with Crippen molar-refractivity contribution in [3.05, 3.63) is 35.5 Å². The van der Waals surface area contributed by atoms with Crippen LogP contribution in [-0.4, -0.2) is 45.6 Å². The van der Waals surface area contributed by atoms with Crippen LogP contribution in [0.2, 0.25) is 0 Å². The zero-order chi connectivity index (χ0) is 16.3. The zero-order valence-corrected chi connectivity index (χ0v) is 15.0. The van der Waals surface area contributed by atoms with E-state index in [9.17, 15) is 9.90 Å². The minimum absolute atomic E-state index is 0.00577. The number of rotatable bonds is 2. The second-order valence-corrected chi connectivity index (χ2v) is 9.73. The largest absolute Gasteiger partial charge is 0.395 e. The summed E-state index contributed by atoms with van der Waals surface area (Å²) in [6.45, 7) is 0.460. The molecule has 2 bridgehead atoms. The van der Waals surface area contributed by atoms with Crippen LogP contribution in [0.15, 0.2) is 24.3 Å². The lowest BCUT2D eigenvalue weighted by atomic mass is 9.76. The maximum absolute atomic E-state index is 12.8. The first-order valence-electron chi connectivity index (χ1n) is 8.54. The molecule has 2 aromatic rings. The van der Waals surface area contributed by atoms with Gasteiger partial charge in [-0.25, -0.2) is 0 Å². The Hall–Kier alpha value is -1.11. The van der Waals surface area contributed by atoms with Crippen LogP contribution in [0.3, 0.4) is 0 Å². The summed E-state index contributed by atoms with van der Waals surface area (Å²) < 4.78 is 0.00577. The lowest BCUT2D eigenvalue weighted by molar-refractivity contribution is -0.140. The van der Waals surface area contributed by atoms with E-state index in [1.54, 1.807) is 0 Å². The fourth-order valence-corrected chi connectivity index (χ4v) is 8.28. The van der Waals surface area contributed by atoms with Crippen molar-refractivity contribution < 1.29 is 9.90 Å². The van der Waals surface area contributed by atoms with Gasteiger partial charge in [-0.3, -0.25) is 4.79 Å². The first-order chi connectivity index (χ1) is 11.7. The zero-order valence-electron chi connectivity index (χ0n) is 13.3. The van der Waals surface area contributed by atoms with Crippen LogP contribution >= 0.6 is 23.5 Å². The summed E-state index contributed by atoms with van der Waals surface area (Å²) in [6.07, 6.45) is 1.62. The number of aliphatic hydroxyl groups excluding tert-OH is 1. The number of aromatic nitrogens is 1. The summed E-state index contributed by atoms with van der Waals surface area (Å²) in [5, 5.41) is 10.7. The average molecular weight is 361 g/mol. The minimum Gasteiger partial charge on any atom is -0.395 e. The monoisotopic (exact) mass is 360 g/mol. The third-order valence-corrected chi connectivity index (χ3v) is 9.36. The average Bonchev–Trinajstić information content (AvgIpc) is 3.21. The Kier molecular flexibility index (Phi) is 3.44. The Morgan fingerprint density at radius 3 is 2.88 bits per heavy atom. The Morgan fingerprint density at radius 2 is 2.08 bits per heavy atom. The second kappa shape index (κ2) is 5.44. The van der Waals surface area contributed by atoms with E-state index >= 15 is 0 Å². The van der Waals surface area contributed by atoms with Crippen LogP contribution in [0.25, 0.3) is 10.9 Å². The molecule has 1 aromatic carbocycles. The van der Waals surface area contributed by atoms with Crippen molar-refractivity contribution in [2.24, 2.45) is 5.92 Å². The molecule has 126 valence electrons. The molecule has 1 aliphatic carbocycles. The van der Waals surface area contributed by atoms with E-state index in [2.05, 4.69) is 29.2 Å². The van der Waals surface area contributed by atoms with Gasteiger partial charge in [-0.05, 0) is 18.4 Å². The SMILES string of the molecule is O=C1C[C@@H]2C[C@@H](c3c([nH]c4ccccc34)C23SCCS3)N1CCO. The molecule has 0 radical (unpaired) electrons. The molecule has 2 N–H and O–H groups in total. The summed E-state index contributed by atoms with van der Waals surface area (Å²) in [5.41, 5.74) is 3.79. The van der Waals surface area contributed by atoms with E-state index < -0.39 is 0 Å². The highest BCUT2D eigenvalue weighted by molar-refractivity contribution is 8.20. The normalized spacial score (nSPS) is 27.9. The molecule has 4 nitrogen and oxygen atoms in total.